The molecule has 0 aromatic carbocycles. The molecule has 4 nitrogen and oxygen atoms in total. The van der Waals surface area contributed by atoms with Crippen molar-refractivity contribution in [1.29, 1.82) is 0 Å². The van der Waals surface area contributed by atoms with Gasteiger partial charge >= 0.3 is 0 Å². The summed E-state index contributed by atoms with van der Waals surface area (Å²) >= 11 is 0. The second kappa shape index (κ2) is 6.59. The van der Waals surface area contributed by atoms with E-state index in [1.165, 1.54) is 0 Å². The summed E-state index contributed by atoms with van der Waals surface area (Å²) in [6, 6.07) is 3.19. The van der Waals surface area contributed by atoms with Crippen LogP contribution in [0.1, 0.15) is 18.5 Å². The molecule has 80 valence electrons. The number of aliphatic hydroxyl groups excluding tert-OH is 1. The molecular formula is C9H15ClN2O2. The SMILES string of the molecule is CCOc1ccc(C(N)CO)cn1.Cl. The van der Waals surface area contributed by atoms with Gasteiger partial charge < -0.3 is 15.6 Å². The van der Waals surface area contributed by atoms with Gasteiger partial charge in [0.15, 0.2) is 0 Å². The Kier molecular flexibility index (Phi) is 6.19. The minimum absolute atomic E-state index is 0. The van der Waals surface area contributed by atoms with Crippen molar-refractivity contribution in [1.82, 2.24) is 4.98 Å². The van der Waals surface area contributed by atoms with Gasteiger partial charge in [0.05, 0.1) is 19.3 Å². The number of halogens is 1. The minimum atomic E-state index is -0.358. The summed E-state index contributed by atoms with van der Waals surface area (Å²) in [4.78, 5) is 4.02. The Balaban J connectivity index is 0.00000169. The summed E-state index contributed by atoms with van der Waals surface area (Å²) in [6.45, 7) is 2.42. The van der Waals surface area contributed by atoms with Gasteiger partial charge in [-0.1, -0.05) is 6.07 Å². The van der Waals surface area contributed by atoms with E-state index in [9.17, 15) is 0 Å². The van der Waals surface area contributed by atoms with Crippen molar-refractivity contribution in [2.75, 3.05) is 13.2 Å². The molecule has 0 amide bonds. The number of ether oxygens (including phenoxy) is 1. The van der Waals surface area contributed by atoms with Crippen molar-refractivity contribution in [2.24, 2.45) is 5.73 Å². The first-order valence-electron chi connectivity index (χ1n) is 4.23. The number of aliphatic hydroxyl groups is 1. The molecule has 0 aliphatic rings. The average Bonchev–Trinajstić information content (AvgIpc) is 2.18. The zero-order valence-electron chi connectivity index (χ0n) is 8.01. The van der Waals surface area contributed by atoms with E-state index in [0.717, 1.165) is 5.56 Å². The van der Waals surface area contributed by atoms with Gasteiger partial charge in [-0.2, -0.15) is 0 Å². The van der Waals surface area contributed by atoms with Gasteiger partial charge in [-0.15, -0.1) is 12.4 Å². The quantitative estimate of drug-likeness (QED) is 0.788. The van der Waals surface area contributed by atoms with Crippen LogP contribution < -0.4 is 10.5 Å². The molecule has 1 rings (SSSR count). The third-order valence-corrected chi connectivity index (χ3v) is 1.68. The molecule has 5 heteroatoms. The molecule has 3 N–H and O–H groups in total. The topological polar surface area (TPSA) is 68.4 Å². The number of nitrogens with zero attached hydrogens (tertiary/aromatic N) is 1. The lowest BCUT2D eigenvalue weighted by Crippen LogP contribution is -2.14. The van der Waals surface area contributed by atoms with Gasteiger partial charge in [0, 0.05) is 12.3 Å². The highest BCUT2D eigenvalue weighted by atomic mass is 35.5. The highest BCUT2D eigenvalue weighted by Crippen LogP contribution is 2.12. The Morgan fingerprint density at radius 3 is 2.71 bits per heavy atom. The van der Waals surface area contributed by atoms with Crippen molar-refractivity contribution >= 4 is 12.4 Å². The highest BCUT2D eigenvalue weighted by Gasteiger charge is 2.04. The Bertz CT molecular complexity index is 253. The normalized spacial score (nSPS) is 11.6. The van der Waals surface area contributed by atoms with Crippen molar-refractivity contribution in [3.63, 3.8) is 0 Å². The fourth-order valence-corrected chi connectivity index (χ4v) is 0.950. The van der Waals surface area contributed by atoms with Crippen LogP contribution in [-0.2, 0) is 0 Å². The zero-order chi connectivity index (χ0) is 9.68. The molecule has 1 heterocycles. The highest BCUT2D eigenvalue weighted by molar-refractivity contribution is 5.85. The van der Waals surface area contributed by atoms with Gasteiger partial charge in [0.25, 0.3) is 0 Å². The van der Waals surface area contributed by atoms with Crippen LogP contribution in [0.4, 0.5) is 0 Å². The third-order valence-electron chi connectivity index (χ3n) is 1.68. The smallest absolute Gasteiger partial charge is 0.213 e. The maximum absolute atomic E-state index is 8.78. The van der Waals surface area contributed by atoms with Crippen molar-refractivity contribution in [3.05, 3.63) is 23.9 Å². The molecule has 0 bridgehead atoms. The van der Waals surface area contributed by atoms with E-state index in [2.05, 4.69) is 4.98 Å². The number of pyridine rings is 1. The van der Waals surface area contributed by atoms with E-state index < -0.39 is 0 Å². The first-order valence-corrected chi connectivity index (χ1v) is 4.23. The molecule has 1 aromatic rings. The second-order valence-corrected chi connectivity index (χ2v) is 2.65. The summed E-state index contributed by atoms with van der Waals surface area (Å²) in [5, 5.41) is 8.78. The maximum Gasteiger partial charge on any atom is 0.213 e. The number of nitrogens with two attached hydrogens (primary N) is 1. The molecule has 0 saturated heterocycles. The Morgan fingerprint density at radius 1 is 1.57 bits per heavy atom. The molecule has 0 aliphatic heterocycles. The van der Waals surface area contributed by atoms with Crippen LogP contribution in [0.2, 0.25) is 0 Å². The van der Waals surface area contributed by atoms with Gasteiger partial charge in [-0.25, -0.2) is 4.98 Å². The molecule has 1 aromatic heterocycles. The summed E-state index contributed by atoms with van der Waals surface area (Å²) in [5.41, 5.74) is 6.40. The zero-order valence-corrected chi connectivity index (χ0v) is 8.83. The fraction of sp³-hybridized carbons (Fsp3) is 0.444. The predicted molar refractivity (Wildman–Crippen MR) is 56.7 cm³/mol. The van der Waals surface area contributed by atoms with Crippen molar-refractivity contribution in [3.8, 4) is 5.88 Å². The molecule has 1 unspecified atom stereocenters. The molecule has 0 radical (unpaired) electrons. The summed E-state index contributed by atoms with van der Waals surface area (Å²) in [6.07, 6.45) is 1.62. The molecule has 1 atom stereocenters. The number of hydrogen-bond donors (Lipinski definition) is 2. The van der Waals surface area contributed by atoms with E-state index in [1.807, 2.05) is 6.92 Å². The Labute approximate surface area is 89.5 Å². The average molecular weight is 219 g/mol. The lowest BCUT2D eigenvalue weighted by Gasteiger charge is -2.08. The first kappa shape index (κ1) is 13.2. The molecule has 0 saturated carbocycles. The van der Waals surface area contributed by atoms with E-state index in [0.29, 0.717) is 12.5 Å². The van der Waals surface area contributed by atoms with E-state index >= 15 is 0 Å². The lowest BCUT2D eigenvalue weighted by molar-refractivity contribution is 0.267. The molecular weight excluding hydrogens is 204 g/mol. The first-order chi connectivity index (χ1) is 6.27. The number of aromatic nitrogens is 1. The third kappa shape index (κ3) is 3.49. The van der Waals surface area contributed by atoms with Crippen LogP contribution in [-0.4, -0.2) is 23.3 Å². The maximum atomic E-state index is 8.78. The van der Waals surface area contributed by atoms with E-state index in [-0.39, 0.29) is 25.1 Å². The fourth-order valence-electron chi connectivity index (χ4n) is 0.950. The molecule has 0 spiro atoms. The van der Waals surface area contributed by atoms with Crippen LogP contribution >= 0.6 is 12.4 Å². The molecule has 14 heavy (non-hydrogen) atoms. The standard InChI is InChI=1S/C9H14N2O2.ClH/c1-2-13-9-4-3-7(5-11-9)8(10)6-12;/h3-5,8,12H,2,6,10H2,1H3;1H. The number of rotatable bonds is 4. The Morgan fingerprint density at radius 2 is 2.29 bits per heavy atom. The summed E-state index contributed by atoms with van der Waals surface area (Å²) < 4.78 is 5.16. The van der Waals surface area contributed by atoms with Gasteiger partial charge in [0.1, 0.15) is 0 Å². The van der Waals surface area contributed by atoms with Gasteiger partial charge in [0.2, 0.25) is 5.88 Å². The Hall–Kier alpha value is -0.840. The molecule has 0 aliphatic carbocycles. The van der Waals surface area contributed by atoms with Crippen LogP contribution in [0.5, 0.6) is 5.88 Å². The van der Waals surface area contributed by atoms with Gasteiger partial charge in [-0.05, 0) is 12.5 Å². The second-order valence-electron chi connectivity index (χ2n) is 2.65. The lowest BCUT2D eigenvalue weighted by atomic mass is 10.1. The summed E-state index contributed by atoms with van der Waals surface area (Å²) in [7, 11) is 0. The summed E-state index contributed by atoms with van der Waals surface area (Å²) in [5.74, 6) is 0.580. The number of hydrogen-bond acceptors (Lipinski definition) is 4. The largest absolute Gasteiger partial charge is 0.478 e. The predicted octanol–water partition coefficient (Wildman–Crippen LogP) is 0.894. The monoisotopic (exact) mass is 218 g/mol. The van der Waals surface area contributed by atoms with E-state index in [1.54, 1.807) is 18.3 Å². The van der Waals surface area contributed by atoms with Crippen LogP contribution in [0.25, 0.3) is 0 Å². The van der Waals surface area contributed by atoms with Crippen LogP contribution in [0.3, 0.4) is 0 Å². The van der Waals surface area contributed by atoms with Crippen LogP contribution in [0.15, 0.2) is 18.3 Å². The van der Waals surface area contributed by atoms with Gasteiger partial charge in [-0.3, -0.25) is 0 Å². The van der Waals surface area contributed by atoms with Crippen LogP contribution in [0, 0.1) is 0 Å². The van der Waals surface area contributed by atoms with Crippen molar-refractivity contribution < 1.29 is 9.84 Å². The van der Waals surface area contributed by atoms with Crippen molar-refractivity contribution in [2.45, 2.75) is 13.0 Å². The minimum Gasteiger partial charge on any atom is -0.478 e. The molecule has 0 fully saturated rings. The van der Waals surface area contributed by atoms with E-state index in [4.69, 9.17) is 15.6 Å².